The van der Waals surface area contributed by atoms with Crippen LogP contribution in [0.15, 0.2) is 77.5 Å². The summed E-state index contributed by atoms with van der Waals surface area (Å²) >= 11 is 0. The number of pyridine rings is 1. The van der Waals surface area contributed by atoms with Gasteiger partial charge < -0.3 is 19.6 Å². The van der Waals surface area contributed by atoms with Crippen LogP contribution in [0.5, 0.6) is 5.75 Å². The molecule has 4 aromatic rings. The van der Waals surface area contributed by atoms with Gasteiger partial charge in [0.25, 0.3) is 5.91 Å². The molecule has 2 aromatic heterocycles. The van der Waals surface area contributed by atoms with Crippen molar-refractivity contribution in [2.75, 3.05) is 7.11 Å². The molecule has 7 heteroatoms. The summed E-state index contributed by atoms with van der Waals surface area (Å²) in [5, 5.41) is 12.8. The van der Waals surface area contributed by atoms with Gasteiger partial charge in [-0.05, 0) is 47.0 Å². The Hall–Kier alpha value is -4.13. The smallest absolute Gasteiger partial charge is 0.326 e. The molecule has 0 aliphatic rings. The molecule has 1 amide bonds. The van der Waals surface area contributed by atoms with Crippen LogP contribution in [0.4, 0.5) is 0 Å². The second-order valence-corrected chi connectivity index (χ2v) is 7.02. The van der Waals surface area contributed by atoms with Crippen molar-refractivity contribution in [3.63, 3.8) is 0 Å². The summed E-state index contributed by atoms with van der Waals surface area (Å²) in [6.07, 6.45) is 3.61. The molecule has 0 radical (unpaired) electrons. The maximum absolute atomic E-state index is 12.6. The normalized spacial score (nSPS) is 11.8. The van der Waals surface area contributed by atoms with E-state index in [2.05, 4.69) is 10.3 Å². The van der Waals surface area contributed by atoms with Crippen molar-refractivity contribution >= 4 is 22.8 Å². The Morgan fingerprint density at radius 3 is 2.58 bits per heavy atom. The Morgan fingerprint density at radius 2 is 1.90 bits per heavy atom. The summed E-state index contributed by atoms with van der Waals surface area (Å²) in [7, 11) is 1.55. The third-order valence-corrected chi connectivity index (χ3v) is 4.94. The number of ether oxygens (including phenoxy) is 1. The molecule has 0 unspecified atom stereocenters. The van der Waals surface area contributed by atoms with Crippen LogP contribution in [0.25, 0.3) is 22.1 Å². The molecule has 0 aliphatic carbocycles. The van der Waals surface area contributed by atoms with Crippen LogP contribution in [0.3, 0.4) is 0 Å². The lowest BCUT2D eigenvalue weighted by molar-refractivity contribution is -0.139. The van der Waals surface area contributed by atoms with E-state index in [4.69, 9.17) is 9.15 Å². The highest BCUT2D eigenvalue weighted by Crippen LogP contribution is 2.24. The molecule has 31 heavy (non-hydrogen) atoms. The van der Waals surface area contributed by atoms with E-state index >= 15 is 0 Å². The van der Waals surface area contributed by atoms with E-state index in [0.29, 0.717) is 16.7 Å². The van der Waals surface area contributed by atoms with Crippen LogP contribution in [-0.4, -0.2) is 35.1 Å². The summed E-state index contributed by atoms with van der Waals surface area (Å²) in [6, 6.07) is 16.9. The highest BCUT2D eigenvalue weighted by atomic mass is 16.5. The minimum Gasteiger partial charge on any atom is -0.497 e. The molecule has 4 rings (SSSR count). The van der Waals surface area contributed by atoms with E-state index in [1.54, 1.807) is 43.8 Å². The fraction of sp³-hybridized carbons (Fsp3) is 0.125. The molecule has 2 aromatic carbocycles. The van der Waals surface area contributed by atoms with E-state index in [0.717, 1.165) is 16.7 Å². The number of carbonyl (C=O) groups excluding carboxylic acids is 1. The molecule has 0 spiro atoms. The van der Waals surface area contributed by atoms with Gasteiger partial charge in [-0.3, -0.25) is 9.78 Å². The number of furan rings is 1. The number of carboxylic acid groups (broad SMARTS) is 1. The number of hydrogen-bond donors (Lipinski definition) is 2. The summed E-state index contributed by atoms with van der Waals surface area (Å²) < 4.78 is 10.7. The van der Waals surface area contributed by atoms with Gasteiger partial charge in [0.1, 0.15) is 17.4 Å². The maximum Gasteiger partial charge on any atom is 0.326 e. The number of nitrogens with zero attached hydrogens (tertiary/aromatic N) is 1. The number of hydrogen-bond acceptors (Lipinski definition) is 5. The predicted octanol–water partition coefficient (Wildman–Crippen LogP) is 3.93. The number of amides is 1. The Morgan fingerprint density at radius 1 is 1.10 bits per heavy atom. The van der Waals surface area contributed by atoms with Gasteiger partial charge in [0.15, 0.2) is 5.76 Å². The molecule has 7 nitrogen and oxygen atoms in total. The van der Waals surface area contributed by atoms with Gasteiger partial charge in [-0.25, -0.2) is 4.79 Å². The number of nitrogens with one attached hydrogen (secondary N) is 1. The van der Waals surface area contributed by atoms with E-state index in [-0.39, 0.29) is 12.2 Å². The number of aliphatic carboxylic acids is 1. The van der Waals surface area contributed by atoms with Crippen LogP contribution in [0.1, 0.15) is 16.1 Å². The fourth-order valence-electron chi connectivity index (χ4n) is 3.29. The molecule has 0 saturated carbocycles. The second kappa shape index (κ2) is 8.71. The van der Waals surface area contributed by atoms with E-state index in [1.807, 2.05) is 36.4 Å². The molecular formula is C24H20N2O5. The quantitative estimate of drug-likeness (QED) is 0.473. The van der Waals surface area contributed by atoms with Gasteiger partial charge in [0, 0.05) is 24.2 Å². The third-order valence-electron chi connectivity index (χ3n) is 4.94. The summed E-state index contributed by atoms with van der Waals surface area (Å²) in [5.74, 6) is -1.03. The van der Waals surface area contributed by atoms with Gasteiger partial charge >= 0.3 is 5.97 Å². The summed E-state index contributed by atoms with van der Waals surface area (Å²) in [6.45, 7) is 0. The average molecular weight is 416 g/mol. The number of benzene rings is 2. The first-order valence-electron chi connectivity index (χ1n) is 9.64. The first-order valence-corrected chi connectivity index (χ1v) is 9.64. The largest absolute Gasteiger partial charge is 0.497 e. The number of aromatic nitrogens is 1. The average Bonchev–Trinajstić information content (AvgIpc) is 3.23. The molecule has 156 valence electrons. The van der Waals surface area contributed by atoms with Crippen molar-refractivity contribution in [3.8, 4) is 16.9 Å². The lowest BCUT2D eigenvalue weighted by Crippen LogP contribution is -2.42. The van der Waals surface area contributed by atoms with Crippen molar-refractivity contribution in [2.45, 2.75) is 12.5 Å². The number of rotatable bonds is 7. The SMILES string of the molecule is COc1ccc2oc(C(=O)N[C@@H](Cc3ccc(-c4cccnc4)cc3)C(=O)O)cc2c1. The van der Waals surface area contributed by atoms with Gasteiger partial charge in [0.05, 0.1) is 7.11 Å². The highest BCUT2D eigenvalue weighted by Gasteiger charge is 2.23. The van der Waals surface area contributed by atoms with Crippen molar-refractivity contribution in [1.29, 1.82) is 0 Å². The Balaban J connectivity index is 1.48. The van der Waals surface area contributed by atoms with E-state index in [9.17, 15) is 14.7 Å². The second-order valence-electron chi connectivity index (χ2n) is 7.02. The zero-order valence-corrected chi connectivity index (χ0v) is 16.7. The van der Waals surface area contributed by atoms with Gasteiger partial charge in [0.2, 0.25) is 0 Å². The topological polar surface area (TPSA) is 102 Å². The van der Waals surface area contributed by atoms with Crippen molar-refractivity contribution < 1.29 is 23.8 Å². The van der Waals surface area contributed by atoms with Crippen molar-refractivity contribution in [3.05, 3.63) is 84.4 Å². The molecule has 0 saturated heterocycles. The lowest BCUT2D eigenvalue weighted by Gasteiger charge is -2.14. The van der Waals surface area contributed by atoms with Crippen LogP contribution in [-0.2, 0) is 11.2 Å². The summed E-state index contributed by atoms with van der Waals surface area (Å²) in [4.78, 5) is 28.5. The monoisotopic (exact) mass is 416 g/mol. The zero-order chi connectivity index (χ0) is 21.8. The lowest BCUT2D eigenvalue weighted by atomic mass is 10.0. The highest BCUT2D eigenvalue weighted by molar-refractivity contribution is 5.98. The number of carboxylic acids is 1. The minimum absolute atomic E-state index is 0.0430. The Labute approximate surface area is 178 Å². The molecule has 1 atom stereocenters. The predicted molar refractivity (Wildman–Crippen MR) is 115 cm³/mol. The Bertz CT molecular complexity index is 1220. The van der Waals surface area contributed by atoms with Crippen molar-refractivity contribution in [1.82, 2.24) is 10.3 Å². The standard InChI is InChI=1S/C24H20N2O5/c1-30-19-8-9-21-18(12-19)13-22(31-21)23(27)26-20(24(28)29)11-15-4-6-16(7-5-15)17-3-2-10-25-14-17/h2-10,12-14,20H,11H2,1H3,(H,26,27)(H,28,29)/t20-/m0/s1. The van der Waals surface area contributed by atoms with Crippen LogP contribution < -0.4 is 10.1 Å². The van der Waals surface area contributed by atoms with Gasteiger partial charge in [-0.1, -0.05) is 30.3 Å². The molecule has 0 bridgehead atoms. The first-order chi connectivity index (χ1) is 15.0. The first kappa shape index (κ1) is 20.2. The molecule has 0 aliphatic heterocycles. The van der Waals surface area contributed by atoms with Crippen LogP contribution >= 0.6 is 0 Å². The number of carbonyl (C=O) groups is 2. The number of methoxy groups -OCH3 is 1. The van der Waals surface area contributed by atoms with Gasteiger partial charge in [-0.15, -0.1) is 0 Å². The third kappa shape index (κ3) is 4.56. The molecule has 2 heterocycles. The van der Waals surface area contributed by atoms with E-state index < -0.39 is 17.9 Å². The van der Waals surface area contributed by atoms with Gasteiger partial charge in [-0.2, -0.15) is 0 Å². The summed E-state index contributed by atoms with van der Waals surface area (Å²) in [5.41, 5.74) is 3.25. The Kier molecular flexibility index (Phi) is 5.66. The molecule has 2 N–H and O–H groups in total. The zero-order valence-electron chi connectivity index (χ0n) is 16.7. The van der Waals surface area contributed by atoms with Crippen LogP contribution in [0, 0.1) is 0 Å². The van der Waals surface area contributed by atoms with Crippen LogP contribution in [0.2, 0.25) is 0 Å². The van der Waals surface area contributed by atoms with E-state index in [1.165, 1.54) is 0 Å². The van der Waals surface area contributed by atoms with Crippen molar-refractivity contribution in [2.24, 2.45) is 0 Å². The maximum atomic E-state index is 12.6. The fourth-order valence-corrected chi connectivity index (χ4v) is 3.29. The molecule has 0 fully saturated rings. The molecular weight excluding hydrogens is 396 g/mol. The number of fused-ring (bicyclic) bond motifs is 1. The minimum atomic E-state index is -1.12.